The van der Waals surface area contributed by atoms with Gasteiger partial charge >= 0.3 is 0 Å². The van der Waals surface area contributed by atoms with Crippen molar-refractivity contribution < 1.29 is 4.74 Å². The van der Waals surface area contributed by atoms with Crippen LogP contribution in [0.3, 0.4) is 0 Å². The standard InChI is InChI=1S/C15H14N6O/c16-13-14(19-8-11-3-1-5-17-7-11)20-10-21-15(13)22-12-4-2-6-18-9-12/h1-7,9-10H,8,16H2,(H,19,20,21). The van der Waals surface area contributed by atoms with E-state index in [1.165, 1.54) is 6.33 Å². The molecule has 0 saturated carbocycles. The second-order valence-electron chi connectivity index (χ2n) is 4.45. The lowest BCUT2D eigenvalue weighted by atomic mass is 10.3. The highest BCUT2D eigenvalue weighted by molar-refractivity contribution is 5.66. The normalized spacial score (nSPS) is 10.2. The number of nitrogen functional groups attached to an aromatic ring is 1. The molecule has 3 rings (SSSR count). The minimum absolute atomic E-state index is 0.289. The Kier molecular flexibility index (Phi) is 4.05. The minimum Gasteiger partial charge on any atom is -0.435 e. The number of ether oxygens (including phenoxy) is 1. The molecule has 3 N–H and O–H groups in total. The van der Waals surface area contributed by atoms with Crippen LogP contribution in [0.4, 0.5) is 11.5 Å². The van der Waals surface area contributed by atoms with Gasteiger partial charge in [0.2, 0.25) is 5.88 Å². The van der Waals surface area contributed by atoms with E-state index in [1.54, 1.807) is 36.9 Å². The summed E-state index contributed by atoms with van der Waals surface area (Å²) in [5.41, 5.74) is 7.41. The number of aromatic nitrogens is 4. The van der Waals surface area contributed by atoms with Gasteiger partial charge in [-0.1, -0.05) is 6.07 Å². The highest BCUT2D eigenvalue weighted by Crippen LogP contribution is 2.28. The van der Waals surface area contributed by atoms with Gasteiger partial charge in [-0.25, -0.2) is 4.98 Å². The Morgan fingerprint density at radius 1 is 1.05 bits per heavy atom. The summed E-state index contributed by atoms with van der Waals surface area (Å²) in [6.45, 7) is 0.557. The van der Waals surface area contributed by atoms with Gasteiger partial charge in [0.15, 0.2) is 5.82 Å². The summed E-state index contributed by atoms with van der Waals surface area (Å²) in [7, 11) is 0. The van der Waals surface area contributed by atoms with Crippen LogP contribution in [0.25, 0.3) is 0 Å². The van der Waals surface area contributed by atoms with Gasteiger partial charge in [-0.05, 0) is 23.8 Å². The van der Waals surface area contributed by atoms with Crippen molar-refractivity contribution in [2.75, 3.05) is 11.1 Å². The molecule has 110 valence electrons. The molecule has 0 aliphatic heterocycles. The molecule has 3 aromatic heterocycles. The molecular weight excluding hydrogens is 280 g/mol. The number of pyridine rings is 2. The Morgan fingerprint density at radius 2 is 1.86 bits per heavy atom. The van der Waals surface area contributed by atoms with E-state index < -0.39 is 0 Å². The Morgan fingerprint density at radius 3 is 2.59 bits per heavy atom. The molecule has 7 heteroatoms. The van der Waals surface area contributed by atoms with Crippen LogP contribution in [0.5, 0.6) is 11.6 Å². The molecule has 0 saturated heterocycles. The van der Waals surface area contributed by atoms with Crippen LogP contribution >= 0.6 is 0 Å². The Bertz CT molecular complexity index is 736. The lowest BCUT2D eigenvalue weighted by Crippen LogP contribution is -2.06. The molecule has 0 atom stereocenters. The average molecular weight is 294 g/mol. The third kappa shape index (κ3) is 3.26. The van der Waals surface area contributed by atoms with Crippen LogP contribution in [0, 0.1) is 0 Å². The summed E-state index contributed by atoms with van der Waals surface area (Å²) in [6.07, 6.45) is 8.15. The quantitative estimate of drug-likeness (QED) is 0.744. The molecule has 0 bridgehead atoms. The van der Waals surface area contributed by atoms with Crippen LogP contribution in [-0.4, -0.2) is 19.9 Å². The fraction of sp³-hybridized carbons (Fsp3) is 0.0667. The van der Waals surface area contributed by atoms with Crippen molar-refractivity contribution in [3.63, 3.8) is 0 Å². The van der Waals surface area contributed by atoms with Gasteiger partial charge in [-0.3, -0.25) is 9.97 Å². The third-order valence-electron chi connectivity index (χ3n) is 2.88. The number of hydrogen-bond donors (Lipinski definition) is 2. The smallest absolute Gasteiger partial charge is 0.248 e. The summed E-state index contributed by atoms with van der Waals surface area (Å²) in [5, 5.41) is 3.14. The van der Waals surface area contributed by atoms with Gasteiger partial charge in [0.05, 0.1) is 6.20 Å². The van der Waals surface area contributed by atoms with Gasteiger partial charge in [-0.15, -0.1) is 0 Å². The van der Waals surface area contributed by atoms with Crippen LogP contribution in [0.15, 0.2) is 55.4 Å². The Hall–Kier alpha value is -3.22. The average Bonchev–Trinajstić information content (AvgIpc) is 2.58. The maximum atomic E-state index is 6.05. The highest BCUT2D eigenvalue weighted by atomic mass is 16.5. The highest BCUT2D eigenvalue weighted by Gasteiger charge is 2.10. The first-order chi connectivity index (χ1) is 10.8. The van der Waals surface area contributed by atoms with Gasteiger partial charge in [0, 0.05) is 25.1 Å². The van der Waals surface area contributed by atoms with E-state index in [9.17, 15) is 0 Å². The number of nitrogens with zero attached hydrogens (tertiary/aromatic N) is 4. The molecule has 7 nitrogen and oxygen atoms in total. The molecule has 0 fully saturated rings. The van der Waals surface area contributed by atoms with E-state index in [0.29, 0.717) is 23.8 Å². The number of anilines is 2. The maximum absolute atomic E-state index is 6.05. The Labute approximate surface area is 127 Å². The topological polar surface area (TPSA) is 98.8 Å². The molecule has 0 radical (unpaired) electrons. The maximum Gasteiger partial charge on any atom is 0.248 e. The second kappa shape index (κ2) is 6.49. The zero-order valence-electron chi connectivity index (χ0n) is 11.7. The van der Waals surface area contributed by atoms with Crippen molar-refractivity contribution in [3.8, 4) is 11.6 Å². The molecule has 0 amide bonds. The van der Waals surface area contributed by atoms with Crippen LogP contribution in [0.2, 0.25) is 0 Å². The lowest BCUT2D eigenvalue weighted by Gasteiger charge is -2.11. The van der Waals surface area contributed by atoms with Crippen molar-refractivity contribution in [3.05, 3.63) is 60.9 Å². The predicted molar refractivity (Wildman–Crippen MR) is 82.3 cm³/mol. The Balaban J connectivity index is 1.74. The van der Waals surface area contributed by atoms with Gasteiger partial charge < -0.3 is 15.8 Å². The first kappa shape index (κ1) is 13.7. The largest absolute Gasteiger partial charge is 0.435 e. The molecule has 3 aromatic rings. The summed E-state index contributed by atoms with van der Waals surface area (Å²) < 4.78 is 5.61. The van der Waals surface area contributed by atoms with Crippen molar-refractivity contribution in [2.24, 2.45) is 0 Å². The van der Waals surface area contributed by atoms with E-state index in [1.807, 2.05) is 12.1 Å². The first-order valence-electron chi connectivity index (χ1n) is 6.64. The number of rotatable bonds is 5. The van der Waals surface area contributed by atoms with E-state index in [0.717, 1.165) is 5.56 Å². The fourth-order valence-electron chi connectivity index (χ4n) is 1.81. The second-order valence-corrected chi connectivity index (χ2v) is 4.45. The fourth-order valence-corrected chi connectivity index (χ4v) is 1.81. The SMILES string of the molecule is Nc1c(NCc2cccnc2)ncnc1Oc1cccnc1. The molecule has 0 aromatic carbocycles. The lowest BCUT2D eigenvalue weighted by molar-refractivity contribution is 0.462. The molecular formula is C15H14N6O. The van der Waals surface area contributed by atoms with E-state index in [4.69, 9.17) is 10.5 Å². The molecule has 0 aliphatic rings. The molecule has 3 heterocycles. The zero-order valence-corrected chi connectivity index (χ0v) is 11.7. The zero-order chi connectivity index (χ0) is 15.2. The summed E-state index contributed by atoms with van der Waals surface area (Å²) in [6, 6.07) is 7.38. The van der Waals surface area contributed by atoms with Crippen LogP contribution < -0.4 is 15.8 Å². The summed E-state index contributed by atoms with van der Waals surface area (Å²) in [5.74, 6) is 1.36. The van der Waals surface area contributed by atoms with Gasteiger partial charge in [0.1, 0.15) is 17.8 Å². The summed E-state index contributed by atoms with van der Waals surface area (Å²) >= 11 is 0. The van der Waals surface area contributed by atoms with Crippen molar-refractivity contribution in [1.82, 2.24) is 19.9 Å². The van der Waals surface area contributed by atoms with Crippen molar-refractivity contribution in [2.45, 2.75) is 6.54 Å². The van der Waals surface area contributed by atoms with Crippen molar-refractivity contribution >= 4 is 11.5 Å². The summed E-state index contributed by atoms with van der Waals surface area (Å²) in [4.78, 5) is 16.2. The van der Waals surface area contributed by atoms with Gasteiger partial charge in [0.25, 0.3) is 0 Å². The minimum atomic E-state index is 0.289. The number of nitrogens with one attached hydrogen (secondary N) is 1. The molecule has 0 unspecified atom stereocenters. The number of nitrogens with two attached hydrogens (primary N) is 1. The third-order valence-corrected chi connectivity index (χ3v) is 2.88. The van der Waals surface area contributed by atoms with E-state index >= 15 is 0 Å². The van der Waals surface area contributed by atoms with Crippen LogP contribution in [-0.2, 0) is 6.54 Å². The van der Waals surface area contributed by atoms with Gasteiger partial charge in [-0.2, -0.15) is 4.98 Å². The number of hydrogen-bond acceptors (Lipinski definition) is 7. The molecule has 0 aliphatic carbocycles. The molecule has 0 spiro atoms. The monoisotopic (exact) mass is 294 g/mol. The molecule has 22 heavy (non-hydrogen) atoms. The predicted octanol–water partition coefficient (Wildman–Crippen LogP) is 2.25. The van der Waals surface area contributed by atoms with Crippen molar-refractivity contribution in [1.29, 1.82) is 0 Å². The first-order valence-corrected chi connectivity index (χ1v) is 6.64. The van der Waals surface area contributed by atoms with E-state index in [-0.39, 0.29) is 5.88 Å². The van der Waals surface area contributed by atoms with E-state index in [2.05, 4.69) is 25.3 Å². The van der Waals surface area contributed by atoms with Crippen LogP contribution in [0.1, 0.15) is 5.56 Å².